The van der Waals surface area contributed by atoms with Gasteiger partial charge in [-0.15, -0.1) is 0 Å². The van der Waals surface area contributed by atoms with Crippen molar-refractivity contribution < 1.29 is 9.90 Å². The van der Waals surface area contributed by atoms with E-state index in [1.165, 1.54) is 0 Å². The minimum Gasteiger partial charge on any atom is -0.478 e. The number of aromatic carboxylic acids is 1. The molecule has 1 aliphatic rings. The highest BCUT2D eigenvalue weighted by atomic mass is 16.4. The largest absolute Gasteiger partial charge is 0.478 e. The van der Waals surface area contributed by atoms with Crippen molar-refractivity contribution in [3.63, 3.8) is 0 Å². The van der Waals surface area contributed by atoms with E-state index in [2.05, 4.69) is 17.1 Å². The van der Waals surface area contributed by atoms with Crippen molar-refractivity contribution in [1.82, 2.24) is 4.90 Å². The lowest BCUT2D eigenvalue weighted by Crippen LogP contribution is -2.28. The lowest BCUT2D eigenvalue weighted by molar-refractivity contribution is 0.0695. The number of likely N-dealkylation sites (N-methyl/N-ethyl adjacent to an activating group) is 1. The van der Waals surface area contributed by atoms with E-state index in [9.17, 15) is 4.79 Å². The van der Waals surface area contributed by atoms with E-state index in [1.54, 1.807) is 12.1 Å². The van der Waals surface area contributed by atoms with E-state index >= 15 is 0 Å². The molecule has 0 fully saturated rings. The molecule has 1 N–H and O–H groups in total. The van der Waals surface area contributed by atoms with Crippen LogP contribution in [-0.4, -0.2) is 36.1 Å². The molecular weight excluding hydrogens is 202 g/mol. The Morgan fingerprint density at radius 2 is 2.19 bits per heavy atom. The van der Waals surface area contributed by atoms with Gasteiger partial charge in [0.2, 0.25) is 0 Å². The molecule has 0 spiro atoms. The third-order valence-corrected chi connectivity index (χ3v) is 2.88. The number of hydrogen-bond acceptors (Lipinski definition) is 2. The molecule has 0 amide bonds. The van der Waals surface area contributed by atoms with E-state index in [0.717, 1.165) is 18.7 Å². The summed E-state index contributed by atoms with van der Waals surface area (Å²) in [6, 6.07) is 7.23. The number of carbonyl (C=O) groups is 1. The predicted octanol–water partition coefficient (Wildman–Crippen LogP) is 1.97. The maximum absolute atomic E-state index is 11.1. The summed E-state index contributed by atoms with van der Waals surface area (Å²) in [5.74, 6) is -0.664. The summed E-state index contributed by atoms with van der Waals surface area (Å²) in [6.07, 6.45) is 4.19. The van der Waals surface area contributed by atoms with Crippen LogP contribution in [0.25, 0.3) is 0 Å². The molecule has 1 atom stereocenters. The minimum atomic E-state index is -0.850. The molecule has 1 aromatic rings. The number of carboxylic acid groups (broad SMARTS) is 1. The normalized spacial score (nSPS) is 20.9. The molecule has 1 aliphatic heterocycles. The number of benzene rings is 1. The number of hydrogen-bond donors (Lipinski definition) is 1. The Balaban J connectivity index is 2.36. The van der Waals surface area contributed by atoms with Gasteiger partial charge in [-0.1, -0.05) is 30.4 Å². The van der Waals surface area contributed by atoms with E-state index in [-0.39, 0.29) is 5.92 Å². The zero-order valence-corrected chi connectivity index (χ0v) is 9.26. The highest BCUT2D eigenvalue weighted by molar-refractivity contribution is 5.89. The van der Waals surface area contributed by atoms with E-state index < -0.39 is 5.97 Å². The molecule has 3 heteroatoms. The maximum Gasteiger partial charge on any atom is 0.335 e. The second kappa shape index (κ2) is 4.49. The highest BCUT2D eigenvalue weighted by Gasteiger charge is 2.19. The molecule has 0 saturated carbocycles. The van der Waals surface area contributed by atoms with Gasteiger partial charge in [-0.25, -0.2) is 4.79 Å². The molecule has 3 nitrogen and oxygen atoms in total. The van der Waals surface area contributed by atoms with Crippen molar-refractivity contribution >= 4 is 5.97 Å². The van der Waals surface area contributed by atoms with Gasteiger partial charge in [0, 0.05) is 19.0 Å². The van der Waals surface area contributed by atoms with Crippen LogP contribution in [0.5, 0.6) is 0 Å². The molecule has 0 bridgehead atoms. The smallest absolute Gasteiger partial charge is 0.335 e. The lowest BCUT2D eigenvalue weighted by Gasteiger charge is -2.26. The van der Waals surface area contributed by atoms with E-state index in [1.807, 2.05) is 19.2 Å². The Morgan fingerprint density at radius 3 is 2.88 bits per heavy atom. The Bertz CT molecular complexity index is 426. The first-order chi connectivity index (χ1) is 7.68. The van der Waals surface area contributed by atoms with Crippen LogP contribution in [0.2, 0.25) is 0 Å². The fraction of sp³-hybridized carbons (Fsp3) is 0.308. The Kier molecular flexibility index (Phi) is 3.06. The molecule has 0 aromatic heterocycles. The van der Waals surface area contributed by atoms with Gasteiger partial charge in [-0.05, 0) is 18.7 Å². The summed E-state index contributed by atoms with van der Waals surface area (Å²) in [5.41, 5.74) is 1.31. The summed E-state index contributed by atoms with van der Waals surface area (Å²) < 4.78 is 0. The third-order valence-electron chi connectivity index (χ3n) is 2.88. The van der Waals surface area contributed by atoms with Crippen molar-refractivity contribution in [3.05, 3.63) is 47.5 Å². The Hall–Kier alpha value is -1.61. The second-order valence-electron chi connectivity index (χ2n) is 4.15. The molecule has 0 radical (unpaired) electrons. The van der Waals surface area contributed by atoms with Gasteiger partial charge in [-0.2, -0.15) is 0 Å². The average molecular weight is 217 g/mol. The van der Waals surface area contributed by atoms with Gasteiger partial charge < -0.3 is 10.0 Å². The van der Waals surface area contributed by atoms with Crippen LogP contribution in [0.15, 0.2) is 36.4 Å². The molecule has 1 heterocycles. The second-order valence-corrected chi connectivity index (χ2v) is 4.15. The molecule has 16 heavy (non-hydrogen) atoms. The fourth-order valence-corrected chi connectivity index (χ4v) is 2.09. The standard InChI is InChI=1S/C13H15NO2/c1-14-8-4-5-10(9-14)11-6-2-3-7-12(11)13(15)16/h2-7,10H,8-9H2,1H3,(H,15,16). The molecule has 1 unspecified atom stereocenters. The average Bonchev–Trinajstić information content (AvgIpc) is 2.29. The van der Waals surface area contributed by atoms with Gasteiger partial charge in [0.05, 0.1) is 5.56 Å². The van der Waals surface area contributed by atoms with Crippen molar-refractivity contribution in [2.75, 3.05) is 20.1 Å². The van der Waals surface area contributed by atoms with Crippen LogP contribution in [0.1, 0.15) is 21.8 Å². The number of carboxylic acids is 1. The van der Waals surface area contributed by atoms with Crippen LogP contribution in [0.3, 0.4) is 0 Å². The van der Waals surface area contributed by atoms with Gasteiger partial charge in [-0.3, -0.25) is 0 Å². The predicted molar refractivity (Wildman–Crippen MR) is 62.8 cm³/mol. The topological polar surface area (TPSA) is 40.5 Å². The van der Waals surface area contributed by atoms with Crippen molar-refractivity contribution in [1.29, 1.82) is 0 Å². The summed E-state index contributed by atoms with van der Waals surface area (Å²) in [6.45, 7) is 1.81. The molecule has 0 saturated heterocycles. The first-order valence-electron chi connectivity index (χ1n) is 5.36. The monoisotopic (exact) mass is 217 g/mol. The molecule has 1 aromatic carbocycles. The molecular formula is C13H15NO2. The Morgan fingerprint density at radius 1 is 1.44 bits per heavy atom. The quantitative estimate of drug-likeness (QED) is 0.770. The fourth-order valence-electron chi connectivity index (χ4n) is 2.09. The highest BCUT2D eigenvalue weighted by Crippen LogP contribution is 2.24. The third kappa shape index (κ3) is 2.14. The number of nitrogens with zero attached hydrogens (tertiary/aromatic N) is 1. The van der Waals surface area contributed by atoms with Crippen molar-refractivity contribution in [2.45, 2.75) is 5.92 Å². The van der Waals surface area contributed by atoms with Gasteiger partial charge in [0.1, 0.15) is 0 Å². The zero-order chi connectivity index (χ0) is 11.5. The van der Waals surface area contributed by atoms with E-state index in [4.69, 9.17) is 5.11 Å². The van der Waals surface area contributed by atoms with Crippen LogP contribution in [0, 0.1) is 0 Å². The van der Waals surface area contributed by atoms with Crippen molar-refractivity contribution in [2.24, 2.45) is 0 Å². The van der Waals surface area contributed by atoms with Crippen LogP contribution in [0.4, 0.5) is 0 Å². The summed E-state index contributed by atoms with van der Waals surface area (Å²) in [5, 5.41) is 9.12. The van der Waals surface area contributed by atoms with Gasteiger partial charge in [0.15, 0.2) is 0 Å². The summed E-state index contributed by atoms with van der Waals surface area (Å²) >= 11 is 0. The van der Waals surface area contributed by atoms with E-state index in [0.29, 0.717) is 5.56 Å². The molecule has 2 rings (SSSR count). The van der Waals surface area contributed by atoms with Crippen molar-refractivity contribution in [3.8, 4) is 0 Å². The van der Waals surface area contributed by atoms with Gasteiger partial charge >= 0.3 is 5.97 Å². The molecule has 0 aliphatic carbocycles. The maximum atomic E-state index is 11.1. The summed E-state index contributed by atoms with van der Waals surface area (Å²) in [7, 11) is 2.04. The van der Waals surface area contributed by atoms with Crippen LogP contribution in [-0.2, 0) is 0 Å². The van der Waals surface area contributed by atoms with Crippen LogP contribution >= 0.6 is 0 Å². The Labute approximate surface area is 95.0 Å². The lowest BCUT2D eigenvalue weighted by atomic mass is 9.92. The van der Waals surface area contributed by atoms with Crippen LogP contribution < -0.4 is 0 Å². The van der Waals surface area contributed by atoms with Gasteiger partial charge in [0.25, 0.3) is 0 Å². The SMILES string of the molecule is CN1CC=CC(c2ccccc2C(=O)O)C1. The first kappa shape index (κ1) is 10.9. The summed E-state index contributed by atoms with van der Waals surface area (Å²) in [4.78, 5) is 13.3. The number of rotatable bonds is 2. The zero-order valence-electron chi connectivity index (χ0n) is 9.26. The minimum absolute atomic E-state index is 0.186. The first-order valence-corrected chi connectivity index (χ1v) is 5.36. The molecule has 84 valence electrons.